The summed E-state index contributed by atoms with van der Waals surface area (Å²) in [5.74, 6) is -4.50. The Morgan fingerprint density at radius 2 is 1.68 bits per heavy atom. The number of aliphatic carboxylic acids is 1. The van der Waals surface area contributed by atoms with Crippen LogP contribution in [0.5, 0.6) is 0 Å². The van der Waals surface area contributed by atoms with Crippen LogP contribution in [0.3, 0.4) is 0 Å². The van der Waals surface area contributed by atoms with Gasteiger partial charge in [0.05, 0.1) is 16.6 Å². The van der Waals surface area contributed by atoms with E-state index in [0.29, 0.717) is 45.0 Å². The van der Waals surface area contributed by atoms with Crippen molar-refractivity contribution in [1.29, 1.82) is 0 Å². The zero-order valence-electron chi connectivity index (χ0n) is 22.2. The van der Waals surface area contributed by atoms with E-state index in [1.54, 1.807) is 29.2 Å². The SMILES string of the molecule is CC(C)(C)CN(C(=O)C1C2CC3(CC3)CN2[C@@]2(C(=O)Nc3c(Cl)cc(Cl)cc32)C1C(=O)O)c1cc(Cl)cc(Cl)c1. The van der Waals surface area contributed by atoms with E-state index in [9.17, 15) is 19.5 Å². The Hall–Kier alpha value is -2.03. The minimum Gasteiger partial charge on any atom is -0.481 e. The molecule has 2 spiro atoms. The van der Waals surface area contributed by atoms with Gasteiger partial charge in [-0.1, -0.05) is 67.2 Å². The molecule has 0 bridgehead atoms. The van der Waals surface area contributed by atoms with Crippen LogP contribution in [-0.2, 0) is 19.9 Å². The molecule has 1 saturated carbocycles. The molecule has 40 heavy (non-hydrogen) atoms. The van der Waals surface area contributed by atoms with Crippen LogP contribution in [0.2, 0.25) is 20.1 Å². The van der Waals surface area contributed by atoms with Crippen LogP contribution >= 0.6 is 46.4 Å². The number of carboxylic acids is 1. The maximum Gasteiger partial charge on any atom is 0.310 e. The Morgan fingerprint density at radius 3 is 2.25 bits per heavy atom. The molecule has 3 unspecified atom stereocenters. The molecular formula is C29H29Cl4N3O4. The number of hydrogen-bond donors (Lipinski definition) is 2. The molecule has 6 rings (SSSR count). The van der Waals surface area contributed by atoms with Gasteiger partial charge in [-0.15, -0.1) is 0 Å². The predicted molar refractivity (Wildman–Crippen MR) is 156 cm³/mol. The van der Waals surface area contributed by atoms with Crippen molar-refractivity contribution in [2.45, 2.75) is 51.6 Å². The highest BCUT2D eigenvalue weighted by molar-refractivity contribution is 6.38. The molecule has 2 N–H and O–H groups in total. The van der Waals surface area contributed by atoms with E-state index in [1.165, 1.54) is 6.07 Å². The third-order valence-corrected chi connectivity index (χ3v) is 9.79. The van der Waals surface area contributed by atoms with Crippen LogP contribution in [0.25, 0.3) is 0 Å². The number of nitrogens with zero attached hydrogens (tertiary/aromatic N) is 2. The first-order valence-electron chi connectivity index (χ1n) is 13.2. The van der Waals surface area contributed by atoms with Gasteiger partial charge in [0.25, 0.3) is 5.91 Å². The summed E-state index contributed by atoms with van der Waals surface area (Å²) in [6.45, 7) is 6.79. The maximum atomic E-state index is 14.8. The Labute approximate surface area is 252 Å². The highest BCUT2D eigenvalue weighted by Crippen LogP contribution is 2.66. The normalized spacial score (nSPS) is 28.1. The number of hydrogen-bond acceptors (Lipinski definition) is 4. The van der Waals surface area contributed by atoms with Gasteiger partial charge in [-0.05, 0) is 60.4 Å². The van der Waals surface area contributed by atoms with Gasteiger partial charge in [0.15, 0.2) is 0 Å². The van der Waals surface area contributed by atoms with Crippen LogP contribution in [0.4, 0.5) is 11.4 Å². The van der Waals surface area contributed by atoms with Crippen LogP contribution in [0.1, 0.15) is 45.6 Å². The molecule has 11 heteroatoms. The highest BCUT2D eigenvalue weighted by atomic mass is 35.5. The fourth-order valence-corrected chi connectivity index (χ4v) is 8.27. The molecule has 4 atom stereocenters. The van der Waals surface area contributed by atoms with Crippen molar-refractivity contribution in [3.63, 3.8) is 0 Å². The molecule has 1 aliphatic carbocycles. The fraction of sp³-hybridized carbons (Fsp3) is 0.483. The van der Waals surface area contributed by atoms with Crippen molar-refractivity contribution in [2.75, 3.05) is 23.3 Å². The van der Waals surface area contributed by atoms with Gasteiger partial charge in [-0.3, -0.25) is 19.3 Å². The summed E-state index contributed by atoms with van der Waals surface area (Å²) in [7, 11) is 0. The van der Waals surface area contributed by atoms with Crippen LogP contribution in [0.15, 0.2) is 30.3 Å². The minimum absolute atomic E-state index is 0.0424. The summed E-state index contributed by atoms with van der Waals surface area (Å²) >= 11 is 25.6. The van der Waals surface area contributed by atoms with Crippen LogP contribution < -0.4 is 10.2 Å². The molecule has 7 nitrogen and oxygen atoms in total. The summed E-state index contributed by atoms with van der Waals surface area (Å²) < 4.78 is 0. The van der Waals surface area contributed by atoms with Gasteiger partial charge in [-0.2, -0.15) is 0 Å². The van der Waals surface area contributed by atoms with Crippen molar-refractivity contribution < 1.29 is 19.5 Å². The van der Waals surface area contributed by atoms with Crippen molar-refractivity contribution in [2.24, 2.45) is 22.7 Å². The fourth-order valence-electron chi connectivity index (χ4n) is 7.22. The lowest BCUT2D eigenvalue weighted by Gasteiger charge is -2.37. The Kier molecular flexibility index (Phi) is 6.49. The predicted octanol–water partition coefficient (Wildman–Crippen LogP) is 6.71. The summed E-state index contributed by atoms with van der Waals surface area (Å²) in [6.07, 6.45) is 2.57. The lowest BCUT2D eigenvalue weighted by molar-refractivity contribution is -0.152. The molecule has 3 fully saturated rings. The number of rotatable bonds is 4. The van der Waals surface area contributed by atoms with E-state index in [1.807, 2.05) is 25.7 Å². The first kappa shape index (κ1) is 28.1. The Balaban J connectivity index is 1.55. The highest BCUT2D eigenvalue weighted by Gasteiger charge is 2.75. The molecular weight excluding hydrogens is 596 g/mol. The van der Waals surface area contributed by atoms with Gasteiger partial charge in [0, 0.05) is 45.5 Å². The summed E-state index contributed by atoms with van der Waals surface area (Å²) in [5.41, 5.74) is -0.778. The molecule has 212 valence electrons. The molecule has 0 aromatic heterocycles. The van der Waals surface area contributed by atoms with Crippen LogP contribution in [0, 0.1) is 22.7 Å². The lowest BCUT2D eigenvalue weighted by Crippen LogP contribution is -2.54. The van der Waals surface area contributed by atoms with Crippen molar-refractivity contribution in [3.05, 3.63) is 56.0 Å². The monoisotopic (exact) mass is 623 g/mol. The third kappa shape index (κ3) is 4.23. The second-order valence-electron chi connectivity index (χ2n) is 12.9. The van der Waals surface area contributed by atoms with E-state index in [0.717, 1.165) is 12.8 Å². The van der Waals surface area contributed by atoms with Gasteiger partial charge >= 0.3 is 5.97 Å². The molecule has 2 aromatic rings. The third-order valence-electron chi connectivity index (χ3n) is 8.84. The van der Waals surface area contributed by atoms with Gasteiger partial charge in [-0.25, -0.2) is 0 Å². The van der Waals surface area contributed by atoms with Crippen molar-refractivity contribution in [1.82, 2.24) is 4.90 Å². The zero-order chi connectivity index (χ0) is 28.9. The second-order valence-corrected chi connectivity index (χ2v) is 14.6. The number of amides is 2. The van der Waals surface area contributed by atoms with E-state index in [-0.39, 0.29) is 28.3 Å². The van der Waals surface area contributed by atoms with E-state index >= 15 is 0 Å². The average Bonchev–Trinajstić information content (AvgIpc) is 3.26. The maximum absolute atomic E-state index is 14.8. The first-order valence-corrected chi connectivity index (χ1v) is 14.8. The molecule has 0 radical (unpaired) electrons. The number of benzene rings is 2. The molecule has 2 aromatic carbocycles. The number of fused-ring (bicyclic) bond motifs is 4. The number of nitrogens with one attached hydrogen (secondary N) is 1. The largest absolute Gasteiger partial charge is 0.481 e. The minimum atomic E-state index is -1.63. The van der Waals surface area contributed by atoms with Gasteiger partial charge in [0.2, 0.25) is 5.91 Å². The first-order chi connectivity index (χ1) is 18.7. The number of halogens is 4. The Bertz CT molecular complexity index is 1450. The summed E-state index contributed by atoms with van der Waals surface area (Å²) in [6, 6.07) is 7.56. The number of carboxylic acid groups (broad SMARTS) is 1. The molecule has 4 aliphatic rings. The quantitative estimate of drug-likeness (QED) is 0.394. The van der Waals surface area contributed by atoms with Crippen molar-refractivity contribution >= 4 is 75.6 Å². The smallest absolute Gasteiger partial charge is 0.310 e. The molecule has 3 aliphatic heterocycles. The second kappa shape index (κ2) is 9.23. The number of carbonyl (C=O) groups is 3. The molecule has 2 saturated heterocycles. The standard InChI is InChI=1S/C29H29Cl4N3O4/c1-27(2,3)12-35(17-7-14(30)6-15(31)8-17)24(37)21-20-11-28(4-5-28)13-36(20)29(22(21)25(38)39)18-9-16(32)10-19(33)23(18)34-26(29)40/h6-10,20-22H,4-5,11-13H2,1-3H3,(H,34,40)(H,38,39)/t20?,21?,22?,29-/m1/s1. The van der Waals surface area contributed by atoms with E-state index < -0.39 is 35.3 Å². The van der Waals surface area contributed by atoms with E-state index in [2.05, 4.69) is 5.32 Å². The number of carbonyl (C=O) groups excluding carboxylic acids is 2. The zero-order valence-corrected chi connectivity index (χ0v) is 25.3. The summed E-state index contributed by atoms with van der Waals surface area (Å²) in [5, 5.41) is 14.9. The van der Waals surface area contributed by atoms with E-state index in [4.69, 9.17) is 46.4 Å². The van der Waals surface area contributed by atoms with Gasteiger partial charge in [0.1, 0.15) is 11.5 Å². The lowest BCUT2D eigenvalue weighted by atomic mass is 9.72. The summed E-state index contributed by atoms with van der Waals surface area (Å²) in [4.78, 5) is 45.7. The van der Waals surface area contributed by atoms with Crippen molar-refractivity contribution in [3.8, 4) is 0 Å². The van der Waals surface area contributed by atoms with Crippen LogP contribution in [-0.4, -0.2) is 46.9 Å². The Morgan fingerprint density at radius 1 is 1.05 bits per heavy atom. The molecule has 2 amide bonds. The van der Waals surface area contributed by atoms with Gasteiger partial charge < -0.3 is 15.3 Å². The average molecular weight is 625 g/mol. The topological polar surface area (TPSA) is 90.0 Å². The number of anilines is 2. The molecule has 3 heterocycles.